The van der Waals surface area contributed by atoms with Gasteiger partial charge in [-0.2, -0.15) is 0 Å². The average Bonchev–Trinajstić information content (AvgIpc) is 2.53. The first-order chi connectivity index (χ1) is 11.0. The molecule has 0 aliphatic heterocycles. The van der Waals surface area contributed by atoms with Gasteiger partial charge in [0.05, 0.1) is 12.7 Å². The normalized spacial score (nSPS) is 10.7. The Morgan fingerprint density at radius 1 is 1.13 bits per heavy atom. The number of nitrogens with one attached hydrogen (secondary N) is 1. The zero-order valence-corrected chi connectivity index (χ0v) is 14.2. The molecule has 1 N–H and O–H groups in total. The SMILES string of the molecule is COc1ccc(C)cc1C(=O)NCc1ccccc1CN(C)C. The van der Waals surface area contributed by atoms with Crippen LogP contribution in [0.3, 0.4) is 0 Å². The van der Waals surface area contributed by atoms with E-state index in [0.717, 1.165) is 17.7 Å². The van der Waals surface area contributed by atoms with E-state index >= 15 is 0 Å². The fraction of sp³-hybridized carbons (Fsp3) is 0.316. The van der Waals surface area contributed by atoms with Crippen LogP contribution < -0.4 is 10.1 Å². The van der Waals surface area contributed by atoms with Crippen LogP contribution in [0.5, 0.6) is 5.75 Å². The van der Waals surface area contributed by atoms with Crippen molar-refractivity contribution in [2.45, 2.75) is 20.0 Å². The maximum absolute atomic E-state index is 12.5. The van der Waals surface area contributed by atoms with Gasteiger partial charge in [0.2, 0.25) is 0 Å². The monoisotopic (exact) mass is 312 g/mol. The van der Waals surface area contributed by atoms with Crippen molar-refractivity contribution in [2.24, 2.45) is 0 Å². The Bertz CT molecular complexity index is 681. The highest BCUT2D eigenvalue weighted by molar-refractivity contribution is 5.97. The third kappa shape index (κ3) is 4.57. The summed E-state index contributed by atoms with van der Waals surface area (Å²) >= 11 is 0. The first-order valence-corrected chi connectivity index (χ1v) is 7.65. The van der Waals surface area contributed by atoms with Gasteiger partial charge in [0, 0.05) is 13.1 Å². The molecule has 0 radical (unpaired) electrons. The summed E-state index contributed by atoms with van der Waals surface area (Å²) < 4.78 is 5.28. The van der Waals surface area contributed by atoms with Gasteiger partial charge in [-0.3, -0.25) is 4.79 Å². The number of benzene rings is 2. The Morgan fingerprint density at radius 3 is 2.48 bits per heavy atom. The van der Waals surface area contributed by atoms with Gasteiger partial charge in [-0.25, -0.2) is 0 Å². The lowest BCUT2D eigenvalue weighted by Crippen LogP contribution is -2.24. The van der Waals surface area contributed by atoms with E-state index in [-0.39, 0.29) is 5.91 Å². The molecule has 0 bridgehead atoms. The van der Waals surface area contributed by atoms with Crippen LogP contribution in [0.15, 0.2) is 42.5 Å². The van der Waals surface area contributed by atoms with Crippen LogP contribution in [0.4, 0.5) is 0 Å². The molecule has 122 valence electrons. The van der Waals surface area contributed by atoms with E-state index in [1.165, 1.54) is 5.56 Å². The fourth-order valence-corrected chi connectivity index (χ4v) is 2.49. The largest absolute Gasteiger partial charge is 0.496 e. The molecule has 0 spiro atoms. The Kier molecular flexibility index (Phi) is 5.77. The average molecular weight is 312 g/mol. The minimum absolute atomic E-state index is 0.120. The van der Waals surface area contributed by atoms with Crippen LogP contribution in [0.2, 0.25) is 0 Å². The van der Waals surface area contributed by atoms with Crippen LogP contribution in [-0.4, -0.2) is 32.0 Å². The topological polar surface area (TPSA) is 41.6 Å². The number of aryl methyl sites for hydroxylation is 1. The molecule has 0 saturated heterocycles. The highest BCUT2D eigenvalue weighted by atomic mass is 16.5. The van der Waals surface area contributed by atoms with E-state index in [1.54, 1.807) is 7.11 Å². The molecule has 0 unspecified atom stereocenters. The van der Waals surface area contributed by atoms with Crippen LogP contribution in [0.25, 0.3) is 0 Å². The molecule has 0 saturated carbocycles. The zero-order chi connectivity index (χ0) is 16.8. The second-order valence-corrected chi connectivity index (χ2v) is 5.89. The molecule has 4 nitrogen and oxygen atoms in total. The van der Waals surface area contributed by atoms with Crippen molar-refractivity contribution < 1.29 is 9.53 Å². The third-order valence-corrected chi connectivity index (χ3v) is 3.64. The number of hydrogen-bond donors (Lipinski definition) is 1. The van der Waals surface area contributed by atoms with Crippen molar-refractivity contribution in [2.75, 3.05) is 21.2 Å². The molecule has 2 aromatic rings. The van der Waals surface area contributed by atoms with Gasteiger partial charge >= 0.3 is 0 Å². The van der Waals surface area contributed by atoms with Crippen LogP contribution in [-0.2, 0) is 13.1 Å². The van der Waals surface area contributed by atoms with Gasteiger partial charge in [-0.05, 0) is 44.3 Å². The molecule has 23 heavy (non-hydrogen) atoms. The second-order valence-electron chi connectivity index (χ2n) is 5.89. The Morgan fingerprint density at radius 2 is 1.83 bits per heavy atom. The summed E-state index contributed by atoms with van der Waals surface area (Å²) in [7, 11) is 5.65. The Hall–Kier alpha value is -2.33. The minimum atomic E-state index is -0.120. The summed E-state index contributed by atoms with van der Waals surface area (Å²) in [6, 6.07) is 13.8. The molecule has 0 fully saturated rings. The molecule has 0 aliphatic carbocycles. The van der Waals surface area contributed by atoms with Crippen molar-refractivity contribution in [1.29, 1.82) is 0 Å². The minimum Gasteiger partial charge on any atom is -0.496 e. The number of methoxy groups -OCH3 is 1. The lowest BCUT2D eigenvalue weighted by molar-refractivity contribution is 0.0947. The van der Waals surface area contributed by atoms with Crippen molar-refractivity contribution in [3.05, 3.63) is 64.7 Å². The van der Waals surface area contributed by atoms with E-state index in [1.807, 2.05) is 57.4 Å². The second kappa shape index (κ2) is 7.79. The number of hydrogen-bond acceptors (Lipinski definition) is 3. The summed E-state index contributed by atoms with van der Waals surface area (Å²) in [5.74, 6) is 0.472. The van der Waals surface area contributed by atoms with Crippen molar-refractivity contribution in [1.82, 2.24) is 10.2 Å². The van der Waals surface area contributed by atoms with Gasteiger partial charge in [0.1, 0.15) is 5.75 Å². The molecule has 0 aliphatic rings. The first-order valence-electron chi connectivity index (χ1n) is 7.65. The summed E-state index contributed by atoms with van der Waals surface area (Å²) in [5.41, 5.74) is 3.94. The van der Waals surface area contributed by atoms with Crippen LogP contribution in [0.1, 0.15) is 27.0 Å². The molecule has 1 amide bonds. The number of carbonyl (C=O) groups excluding carboxylic acids is 1. The molecule has 2 aromatic carbocycles. The van der Waals surface area contributed by atoms with Crippen LogP contribution >= 0.6 is 0 Å². The first kappa shape index (κ1) is 17.0. The lowest BCUT2D eigenvalue weighted by atomic mass is 10.1. The summed E-state index contributed by atoms with van der Waals surface area (Å²) in [5, 5.41) is 2.99. The van der Waals surface area contributed by atoms with Gasteiger partial charge in [-0.15, -0.1) is 0 Å². The highest BCUT2D eigenvalue weighted by Gasteiger charge is 2.13. The molecular weight excluding hydrogens is 288 g/mol. The molecule has 2 rings (SSSR count). The maximum atomic E-state index is 12.5. The number of nitrogens with zero attached hydrogens (tertiary/aromatic N) is 1. The lowest BCUT2D eigenvalue weighted by Gasteiger charge is -2.15. The van der Waals surface area contributed by atoms with E-state index in [4.69, 9.17) is 4.74 Å². The number of rotatable bonds is 6. The van der Waals surface area contributed by atoms with E-state index in [2.05, 4.69) is 16.3 Å². The van der Waals surface area contributed by atoms with Crippen molar-refractivity contribution in [3.8, 4) is 5.75 Å². The van der Waals surface area contributed by atoms with Gasteiger partial charge in [0.25, 0.3) is 5.91 Å². The smallest absolute Gasteiger partial charge is 0.255 e. The maximum Gasteiger partial charge on any atom is 0.255 e. The van der Waals surface area contributed by atoms with Crippen molar-refractivity contribution in [3.63, 3.8) is 0 Å². The van der Waals surface area contributed by atoms with Crippen LogP contribution in [0, 0.1) is 6.92 Å². The predicted octanol–water partition coefficient (Wildman–Crippen LogP) is 3.00. The fourth-order valence-electron chi connectivity index (χ4n) is 2.49. The Labute approximate surface area is 138 Å². The summed E-state index contributed by atoms with van der Waals surface area (Å²) in [6.07, 6.45) is 0. The van der Waals surface area contributed by atoms with E-state index in [9.17, 15) is 4.79 Å². The quantitative estimate of drug-likeness (QED) is 0.891. The Balaban J connectivity index is 2.12. The molecule has 0 heterocycles. The number of amides is 1. The van der Waals surface area contributed by atoms with E-state index in [0.29, 0.717) is 17.9 Å². The van der Waals surface area contributed by atoms with E-state index < -0.39 is 0 Å². The van der Waals surface area contributed by atoms with Gasteiger partial charge in [0.15, 0.2) is 0 Å². The summed E-state index contributed by atoms with van der Waals surface area (Å²) in [6.45, 7) is 3.31. The molecule has 0 atom stereocenters. The van der Waals surface area contributed by atoms with Gasteiger partial charge in [-0.1, -0.05) is 35.9 Å². The third-order valence-electron chi connectivity index (χ3n) is 3.64. The molecular formula is C19H24N2O2. The predicted molar refractivity (Wildman–Crippen MR) is 92.7 cm³/mol. The number of carbonyl (C=O) groups is 1. The summed E-state index contributed by atoms with van der Waals surface area (Å²) in [4.78, 5) is 14.6. The number of ether oxygens (including phenoxy) is 1. The molecule has 4 heteroatoms. The highest BCUT2D eigenvalue weighted by Crippen LogP contribution is 2.20. The van der Waals surface area contributed by atoms with Crippen molar-refractivity contribution >= 4 is 5.91 Å². The zero-order valence-electron chi connectivity index (χ0n) is 14.2. The van der Waals surface area contributed by atoms with Gasteiger partial charge < -0.3 is 15.0 Å². The molecule has 0 aromatic heterocycles. The standard InChI is InChI=1S/C19H24N2O2/c1-14-9-10-18(23-4)17(11-14)19(22)20-12-15-7-5-6-8-16(15)13-21(2)3/h5-11H,12-13H2,1-4H3,(H,20,22).